The Morgan fingerprint density at radius 1 is 1.36 bits per heavy atom. The van der Waals surface area contributed by atoms with Crippen LogP contribution in [0.15, 0.2) is 22.7 Å². The number of halogens is 2. The molecule has 0 amide bonds. The summed E-state index contributed by atoms with van der Waals surface area (Å²) in [5, 5.41) is 8.47. The molecule has 0 fully saturated rings. The van der Waals surface area contributed by atoms with Gasteiger partial charge in [0.25, 0.3) is 0 Å². The number of nitrogens with zero attached hydrogens (tertiary/aromatic N) is 2. The molecule has 0 bridgehead atoms. The third kappa shape index (κ3) is 1.76. The van der Waals surface area contributed by atoms with Crippen LogP contribution in [0.3, 0.4) is 0 Å². The lowest BCUT2D eigenvalue weighted by Crippen LogP contribution is -1.81. The highest BCUT2D eigenvalue weighted by atomic mass is 79.9. The number of hydrogen-bond acceptors (Lipinski definition) is 4. The topological polar surface area (TPSA) is 51.8 Å². The molecule has 6 heteroatoms. The number of nitrogen functional groups attached to an aromatic ring is 1. The summed E-state index contributed by atoms with van der Waals surface area (Å²) in [5.41, 5.74) is 6.11. The third-order valence-electron chi connectivity index (χ3n) is 1.61. The average Bonchev–Trinajstić information content (AvgIpc) is 2.57. The number of nitrogens with two attached hydrogens (primary N) is 1. The SMILES string of the molecule is Nc1nnc(-c2ccc(Br)c(F)c2)s1. The molecular weight excluding hydrogens is 269 g/mol. The number of aromatic nitrogens is 2. The maximum absolute atomic E-state index is 13.1. The predicted octanol–water partition coefficient (Wildman–Crippen LogP) is 2.69. The zero-order chi connectivity index (χ0) is 10.1. The fourth-order valence-electron chi connectivity index (χ4n) is 0.980. The first-order chi connectivity index (χ1) is 6.66. The molecule has 0 aliphatic carbocycles. The van der Waals surface area contributed by atoms with Gasteiger partial charge < -0.3 is 5.73 Å². The normalized spacial score (nSPS) is 10.4. The van der Waals surface area contributed by atoms with E-state index in [-0.39, 0.29) is 5.82 Å². The fourth-order valence-corrected chi connectivity index (χ4v) is 1.83. The summed E-state index contributed by atoms with van der Waals surface area (Å²) in [7, 11) is 0. The van der Waals surface area contributed by atoms with Crippen LogP contribution in [0.5, 0.6) is 0 Å². The second kappa shape index (κ2) is 3.62. The lowest BCUT2D eigenvalue weighted by Gasteiger charge is -1.96. The van der Waals surface area contributed by atoms with E-state index in [0.717, 1.165) is 0 Å². The van der Waals surface area contributed by atoms with E-state index in [0.29, 0.717) is 20.2 Å². The van der Waals surface area contributed by atoms with Gasteiger partial charge in [-0.3, -0.25) is 0 Å². The van der Waals surface area contributed by atoms with Crippen LogP contribution in [0.1, 0.15) is 0 Å². The van der Waals surface area contributed by atoms with Gasteiger partial charge in [0.2, 0.25) is 5.13 Å². The summed E-state index contributed by atoms with van der Waals surface area (Å²) in [6.07, 6.45) is 0. The predicted molar refractivity (Wildman–Crippen MR) is 57.4 cm³/mol. The summed E-state index contributed by atoms with van der Waals surface area (Å²) in [6, 6.07) is 4.78. The second-order valence-electron chi connectivity index (χ2n) is 2.57. The zero-order valence-electron chi connectivity index (χ0n) is 6.87. The third-order valence-corrected chi connectivity index (χ3v) is 3.05. The summed E-state index contributed by atoms with van der Waals surface area (Å²) in [5.74, 6) is -0.323. The van der Waals surface area contributed by atoms with Crippen LogP contribution in [-0.2, 0) is 0 Å². The van der Waals surface area contributed by atoms with Crippen molar-refractivity contribution < 1.29 is 4.39 Å². The van der Waals surface area contributed by atoms with Gasteiger partial charge in [0, 0.05) is 5.56 Å². The average molecular weight is 274 g/mol. The molecule has 0 radical (unpaired) electrons. The van der Waals surface area contributed by atoms with Gasteiger partial charge in [-0.05, 0) is 28.1 Å². The van der Waals surface area contributed by atoms with Gasteiger partial charge in [-0.25, -0.2) is 4.39 Å². The largest absolute Gasteiger partial charge is 0.374 e. The Balaban J connectivity index is 2.47. The summed E-state index contributed by atoms with van der Waals surface area (Å²) >= 11 is 4.30. The lowest BCUT2D eigenvalue weighted by atomic mass is 10.2. The molecule has 3 nitrogen and oxygen atoms in total. The summed E-state index contributed by atoms with van der Waals surface area (Å²) in [4.78, 5) is 0. The number of hydrogen-bond donors (Lipinski definition) is 1. The first kappa shape index (κ1) is 9.54. The Morgan fingerprint density at radius 2 is 2.14 bits per heavy atom. The molecule has 2 aromatic rings. The molecule has 0 atom stereocenters. The van der Waals surface area contributed by atoms with Gasteiger partial charge in [-0.15, -0.1) is 10.2 Å². The van der Waals surface area contributed by atoms with E-state index in [1.54, 1.807) is 12.1 Å². The maximum Gasteiger partial charge on any atom is 0.203 e. The molecule has 72 valence electrons. The fraction of sp³-hybridized carbons (Fsp3) is 0. The molecule has 0 unspecified atom stereocenters. The van der Waals surface area contributed by atoms with Crippen LogP contribution in [0.4, 0.5) is 9.52 Å². The van der Waals surface area contributed by atoms with Crippen LogP contribution in [0.25, 0.3) is 10.6 Å². The van der Waals surface area contributed by atoms with Crippen LogP contribution < -0.4 is 5.73 Å². The van der Waals surface area contributed by atoms with Gasteiger partial charge in [-0.1, -0.05) is 17.4 Å². The van der Waals surface area contributed by atoms with Crippen LogP contribution in [0, 0.1) is 5.82 Å². The first-order valence-corrected chi connectivity index (χ1v) is 5.32. The van der Waals surface area contributed by atoms with Gasteiger partial charge in [-0.2, -0.15) is 0 Å². The smallest absolute Gasteiger partial charge is 0.203 e. The van der Waals surface area contributed by atoms with E-state index < -0.39 is 0 Å². The quantitative estimate of drug-likeness (QED) is 0.869. The highest BCUT2D eigenvalue weighted by Gasteiger charge is 2.07. The maximum atomic E-state index is 13.1. The Bertz CT molecular complexity index is 471. The van der Waals surface area contributed by atoms with Gasteiger partial charge in [0.05, 0.1) is 4.47 Å². The zero-order valence-corrected chi connectivity index (χ0v) is 9.27. The monoisotopic (exact) mass is 273 g/mol. The molecule has 0 spiro atoms. The van der Waals surface area contributed by atoms with E-state index in [1.807, 2.05) is 0 Å². The van der Waals surface area contributed by atoms with E-state index in [1.165, 1.54) is 17.4 Å². The molecular formula is C8H5BrFN3S. The van der Waals surface area contributed by atoms with Crippen molar-refractivity contribution in [2.45, 2.75) is 0 Å². The summed E-state index contributed by atoms with van der Waals surface area (Å²) < 4.78 is 13.6. The van der Waals surface area contributed by atoms with Crippen molar-refractivity contribution in [3.8, 4) is 10.6 Å². The molecule has 2 N–H and O–H groups in total. The molecule has 14 heavy (non-hydrogen) atoms. The minimum absolute atomic E-state index is 0.323. The van der Waals surface area contributed by atoms with Crippen LogP contribution >= 0.6 is 27.3 Å². The Kier molecular flexibility index (Phi) is 2.47. The Hall–Kier alpha value is -1.01. The van der Waals surface area contributed by atoms with E-state index >= 15 is 0 Å². The molecule has 0 aliphatic rings. The van der Waals surface area contributed by atoms with Crippen molar-refractivity contribution in [2.24, 2.45) is 0 Å². The Labute approximate surface area is 91.9 Å². The van der Waals surface area contributed by atoms with Crippen molar-refractivity contribution in [2.75, 3.05) is 5.73 Å². The van der Waals surface area contributed by atoms with Crippen molar-refractivity contribution in [1.82, 2.24) is 10.2 Å². The molecule has 1 heterocycles. The Morgan fingerprint density at radius 3 is 2.71 bits per heavy atom. The molecule has 0 saturated heterocycles. The van der Waals surface area contributed by atoms with Gasteiger partial charge in [0.1, 0.15) is 10.8 Å². The molecule has 2 rings (SSSR count). The highest BCUT2D eigenvalue weighted by molar-refractivity contribution is 9.10. The molecule has 1 aromatic carbocycles. The molecule has 1 aromatic heterocycles. The second-order valence-corrected chi connectivity index (χ2v) is 4.44. The van der Waals surface area contributed by atoms with Crippen molar-refractivity contribution >= 4 is 32.4 Å². The lowest BCUT2D eigenvalue weighted by molar-refractivity contribution is 0.621. The van der Waals surface area contributed by atoms with Crippen LogP contribution in [0.2, 0.25) is 0 Å². The van der Waals surface area contributed by atoms with Crippen molar-refractivity contribution in [3.05, 3.63) is 28.5 Å². The minimum Gasteiger partial charge on any atom is -0.374 e. The van der Waals surface area contributed by atoms with Crippen molar-refractivity contribution in [3.63, 3.8) is 0 Å². The van der Waals surface area contributed by atoms with E-state index in [9.17, 15) is 4.39 Å². The molecule has 0 aliphatic heterocycles. The number of benzene rings is 1. The number of anilines is 1. The van der Waals surface area contributed by atoms with Crippen LogP contribution in [-0.4, -0.2) is 10.2 Å². The van der Waals surface area contributed by atoms with Crippen molar-refractivity contribution in [1.29, 1.82) is 0 Å². The standard InChI is InChI=1S/C8H5BrFN3S/c9-5-2-1-4(3-6(5)10)7-12-13-8(11)14-7/h1-3H,(H2,11,13). The van der Waals surface area contributed by atoms with E-state index in [2.05, 4.69) is 26.1 Å². The number of rotatable bonds is 1. The first-order valence-electron chi connectivity index (χ1n) is 3.71. The van der Waals surface area contributed by atoms with Gasteiger partial charge in [0.15, 0.2) is 0 Å². The summed E-state index contributed by atoms with van der Waals surface area (Å²) in [6.45, 7) is 0. The molecule has 0 saturated carbocycles. The minimum atomic E-state index is -0.323. The highest BCUT2D eigenvalue weighted by Crippen LogP contribution is 2.27. The van der Waals surface area contributed by atoms with Gasteiger partial charge >= 0.3 is 0 Å². The van der Waals surface area contributed by atoms with E-state index in [4.69, 9.17) is 5.73 Å².